The van der Waals surface area contributed by atoms with Gasteiger partial charge in [-0.25, -0.2) is 0 Å². The van der Waals surface area contributed by atoms with Crippen molar-refractivity contribution in [1.29, 1.82) is 0 Å². The van der Waals surface area contributed by atoms with E-state index in [0.29, 0.717) is 6.42 Å². The van der Waals surface area contributed by atoms with Crippen LogP contribution in [-0.4, -0.2) is 46.0 Å². The van der Waals surface area contributed by atoms with Gasteiger partial charge in [-0.1, -0.05) is 109 Å². The molecule has 1 N–H and O–H groups in total. The van der Waals surface area contributed by atoms with Crippen molar-refractivity contribution in [3.8, 4) is 0 Å². The summed E-state index contributed by atoms with van der Waals surface area (Å²) in [7, 11) is 0. The van der Waals surface area contributed by atoms with E-state index in [0.717, 1.165) is 95.5 Å². The number of benzene rings is 1. The van der Waals surface area contributed by atoms with E-state index in [9.17, 15) is 14.4 Å². The summed E-state index contributed by atoms with van der Waals surface area (Å²) in [6, 6.07) is 8.05. The fourth-order valence-electron chi connectivity index (χ4n) is 8.21. The van der Waals surface area contributed by atoms with Gasteiger partial charge in [-0.05, 0) is 63.9 Å². The maximum Gasteiger partial charge on any atom is 0.228 e. The van der Waals surface area contributed by atoms with Crippen molar-refractivity contribution in [3.63, 3.8) is 0 Å². The maximum absolute atomic E-state index is 14.5. The highest BCUT2D eigenvalue weighted by atomic mass is 16.2. The number of ketones is 2. The van der Waals surface area contributed by atoms with Gasteiger partial charge in [0.15, 0.2) is 11.6 Å². The van der Waals surface area contributed by atoms with Crippen molar-refractivity contribution in [2.24, 2.45) is 11.8 Å². The molecule has 4 rings (SSSR count). The molecule has 6 atom stereocenters. The van der Waals surface area contributed by atoms with Crippen LogP contribution in [0.15, 0.2) is 24.3 Å². The van der Waals surface area contributed by atoms with Gasteiger partial charge in [-0.2, -0.15) is 0 Å². The number of nitrogens with zero attached hydrogens (tertiary/aromatic N) is 1. The van der Waals surface area contributed by atoms with E-state index < -0.39 is 5.54 Å². The van der Waals surface area contributed by atoms with Crippen molar-refractivity contribution < 1.29 is 14.4 Å². The Morgan fingerprint density at radius 2 is 1.52 bits per heavy atom. The summed E-state index contributed by atoms with van der Waals surface area (Å²) in [6.07, 6.45) is 18.5. The van der Waals surface area contributed by atoms with Gasteiger partial charge in [0.2, 0.25) is 5.91 Å². The lowest BCUT2D eigenvalue weighted by atomic mass is 9.74. The van der Waals surface area contributed by atoms with Crippen LogP contribution in [0.5, 0.6) is 0 Å². The molecule has 3 aliphatic rings. The van der Waals surface area contributed by atoms with E-state index in [-0.39, 0.29) is 47.4 Å². The molecule has 5 nitrogen and oxygen atoms in total. The molecule has 2 saturated carbocycles. The van der Waals surface area contributed by atoms with Crippen LogP contribution >= 0.6 is 0 Å². The monoisotopic (exact) mass is 578 g/mol. The summed E-state index contributed by atoms with van der Waals surface area (Å²) < 4.78 is 0. The number of hydrogen-bond donors (Lipinski definition) is 1. The number of rotatable bonds is 13. The lowest BCUT2D eigenvalue weighted by Gasteiger charge is -2.52. The zero-order chi connectivity index (χ0) is 30.1. The topological polar surface area (TPSA) is 66.5 Å². The summed E-state index contributed by atoms with van der Waals surface area (Å²) >= 11 is 0. The number of hydrogen-bond acceptors (Lipinski definition) is 4. The Labute approximate surface area is 256 Å². The number of Topliss-reactive ketones (excluding diaryl/α,β-unsaturated/α-hetero) is 2. The SMILES string of the molecule is CCCCc1ccc(C(=O)C(C)(CCC)N[C@H]2CCCCCC[C@H]2C(=O)C(CC)N2C(=O)[C@@H]3CCCCCC[C@@H]32)cc1. The molecule has 0 bridgehead atoms. The Kier molecular flexibility index (Phi) is 12.2. The third-order valence-electron chi connectivity index (χ3n) is 10.6. The highest BCUT2D eigenvalue weighted by Crippen LogP contribution is 2.40. The average molecular weight is 579 g/mol. The molecule has 2 unspecified atom stereocenters. The highest BCUT2D eigenvalue weighted by Gasteiger charge is 2.52. The summed E-state index contributed by atoms with van der Waals surface area (Å²) in [5, 5.41) is 3.85. The van der Waals surface area contributed by atoms with E-state index in [4.69, 9.17) is 0 Å². The number of carbonyl (C=O) groups is 3. The largest absolute Gasteiger partial charge is 0.329 e. The third kappa shape index (κ3) is 7.55. The molecule has 1 saturated heterocycles. The first kappa shape index (κ1) is 32.9. The minimum Gasteiger partial charge on any atom is -0.329 e. The molecular weight excluding hydrogens is 520 g/mol. The molecule has 1 aromatic rings. The lowest BCUT2D eigenvalue weighted by molar-refractivity contribution is -0.167. The molecule has 1 aromatic carbocycles. The van der Waals surface area contributed by atoms with Gasteiger partial charge in [0.05, 0.1) is 17.5 Å². The molecule has 2 aliphatic carbocycles. The number of β-lactam (4-membered cyclic amide) rings is 1. The lowest BCUT2D eigenvalue weighted by Crippen LogP contribution is -2.67. The molecule has 0 radical (unpaired) electrons. The number of likely N-dealkylation sites (tertiary alicyclic amines) is 1. The van der Waals surface area contributed by atoms with Crippen LogP contribution < -0.4 is 5.32 Å². The normalized spacial score (nSPS) is 27.3. The van der Waals surface area contributed by atoms with Gasteiger partial charge < -0.3 is 10.2 Å². The van der Waals surface area contributed by atoms with E-state index in [2.05, 4.69) is 45.1 Å². The Morgan fingerprint density at radius 1 is 0.881 bits per heavy atom. The Hall–Kier alpha value is -2.01. The Balaban J connectivity index is 1.55. The zero-order valence-corrected chi connectivity index (χ0v) is 27.1. The van der Waals surface area contributed by atoms with Crippen LogP contribution in [0, 0.1) is 11.8 Å². The average Bonchev–Trinajstić information content (AvgIpc) is 2.96. The first-order chi connectivity index (χ1) is 20.3. The van der Waals surface area contributed by atoms with Crippen molar-refractivity contribution in [1.82, 2.24) is 10.2 Å². The predicted molar refractivity (Wildman–Crippen MR) is 172 cm³/mol. The number of carbonyl (C=O) groups excluding carboxylic acids is 3. The van der Waals surface area contributed by atoms with Crippen LogP contribution in [0.4, 0.5) is 0 Å². The number of fused-ring (bicyclic) bond motifs is 1. The molecule has 234 valence electrons. The van der Waals surface area contributed by atoms with Gasteiger partial charge in [0.1, 0.15) is 0 Å². The smallest absolute Gasteiger partial charge is 0.228 e. The van der Waals surface area contributed by atoms with Gasteiger partial charge in [-0.3, -0.25) is 14.4 Å². The molecule has 1 aliphatic heterocycles. The molecule has 42 heavy (non-hydrogen) atoms. The van der Waals surface area contributed by atoms with Crippen molar-refractivity contribution in [3.05, 3.63) is 35.4 Å². The second kappa shape index (κ2) is 15.6. The fourth-order valence-corrected chi connectivity index (χ4v) is 8.21. The van der Waals surface area contributed by atoms with Crippen LogP contribution in [0.3, 0.4) is 0 Å². The molecule has 1 heterocycles. The van der Waals surface area contributed by atoms with Crippen LogP contribution in [0.25, 0.3) is 0 Å². The molecular formula is C37H58N2O3. The van der Waals surface area contributed by atoms with E-state index in [1.54, 1.807) is 0 Å². The van der Waals surface area contributed by atoms with E-state index >= 15 is 0 Å². The quantitative estimate of drug-likeness (QED) is 0.189. The molecule has 0 spiro atoms. The summed E-state index contributed by atoms with van der Waals surface area (Å²) in [6.45, 7) is 8.47. The fraction of sp³-hybridized carbons (Fsp3) is 0.757. The van der Waals surface area contributed by atoms with Crippen molar-refractivity contribution in [2.75, 3.05) is 0 Å². The van der Waals surface area contributed by atoms with Crippen molar-refractivity contribution >= 4 is 17.5 Å². The molecule has 0 aromatic heterocycles. The van der Waals surface area contributed by atoms with E-state index in [1.807, 2.05) is 17.0 Å². The second-order valence-corrected chi connectivity index (χ2v) is 13.8. The van der Waals surface area contributed by atoms with Crippen LogP contribution in [-0.2, 0) is 16.0 Å². The predicted octanol–water partition coefficient (Wildman–Crippen LogP) is 8.23. The third-order valence-corrected chi connectivity index (χ3v) is 10.6. The van der Waals surface area contributed by atoms with Gasteiger partial charge >= 0.3 is 0 Å². The Bertz CT molecular complexity index is 1040. The first-order valence-electron chi connectivity index (χ1n) is 17.6. The summed E-state index contributed by atoms with van der Waals surface area (Å²) in [5.74, 6) is 0.526. The summed E-state index contributed by atoms with van der Waals surface area (Å²) in [5.41, 5.74) is 1.29. The number of aryl methyl sites for hydroxylation is 1. The Morgan fingerprint density at radius 3 is 2.17 bits per heavy atom. The van der Waals surface area contributed by atoms with Gasteiger partial charge in [-0.15, -0.1) is 0 Å². The molecule has 3 fully saturated rings. The second-order valence-electron chi connectivity index (χ2n) is 13.8. The highest BCUT2D eigenvalue weighted by molar-refractivity contribution is 6.03. The zero-order valence-electron chi connectivity index (χ0n) is 27.1. The first-order valence-corrected chi connectivity index (χ1v) is 17.6. The summed E-state index contributed by atoms with van der Waals surface area (Å²) in [4.78, 5) is 44.0. The van der Waals surface area contributed by atoms with Crippen LogP contribution in [0.1, 0.15) is 153 Å². The molecule has 1 amide bonds. The minimum absolute atomic E-state index is 0.0549. The maximum atomic E-state index is 14.5. The minimum atomic E-state index is -0.735. The van der Waals surface area contributed by atoms with Gasteiger partial charge in [0.25, 0.3) is 0 Å². The van der Waals surface area contributed by atoms with Crippen molar-refractivity contribution in [2.45, 2.75) is 167 Å². The van der Waals surface area contributed by atoms with Gasteiger partial charge in [0, 0.05) is 23.6 Å². The van der Waals surface area contributed by atoms with Crippen LogP contribution in [0.2, 0.25) is 0 Å². The number of unbranched alkanes of at least 4 members (excludes halogenated alkanes) is 1. The standard InChI is InChI=1S/C37H58N2O3/c1-5-8-17-27-22-24-28(25-23-27)35(41)37(4,26-6-2)38-31-20-15-11-9-13-18-29(31)34(40)32(7-3)39-33-21-16-12-10-14-19-30(33)36(39)42/h22-25,29-33,38H,5-21,26H2,1-4H3/t29-,30-,31+,32?,33+,37?/m1/s1. The van der Waals surface area contributed by atoms with E-state index in [1.165, 1.54) is 24.8 Å². The number of amides is 1. The molecule has 5 heteroatoms. The number of nitrogens with one attached hydrogen (secondary N) is 1.